The molecule has 6 nitrogen and oxygen atoms in total. The van der Waals surface area contributed by atoms with E-state index in [1.54, 1.807) is 30.2 Å². The molecular formula is C15H22ClN5OS. The number of hydrogen-bond donors (Lipinski definition) is 2. The molecule has 0 spiro atoms. The van der Waals surface area contributed by atoms with Crippen LogP contribution < -0.4 is 11.1 Å². The number of nitrogens with one attached hydrogen (secondary N) is 1. The van der Waals surface area contributed by atoms with Gasteiger partial charge in [0.25, 0.3) is 0 Å². The SMILES string of the molecule is CSCC[C@H](N)C(=O)Nc1ccn(CCc2ccncc2)n1.Cl. The molecule has 0 aliphatic rings. The van der Waals surface area contributed by atoms with E-state index in [1.165, 1.54) is 5.56 Å². The molecular weight excluding hydrogens is 334 g/mol. The zero-order chi connectivity index (χ0) is 15.8. The lowest BCUT2D eigenvalue weighted by Crippen LogP contribution is -2.36. The molecule has 0 unspecified atom stereocenters. The van der Waals surface area contributed by atoms with E-state index in [4.69, 9.17) is 5.73 Å². The maximum absolute atomic E-state index is 11.9. The van der Waals surface area contributed by atoms with Crippen molar-refractivity contribution in [1.29, 1.82) is 0 Å². The van der Waals surface area contributed by atoms with E-state index in [2.05, 4.69) is 15.4 Å². The van der Waals surface area contributed by atoms with Crippen molar-refractivity contribution in [2.24, 2.45) is 5.73 Å². The van der Waals surface area contributed by atoms with Crippen molar-refractivity contribution in [3.63, 3.8) is 0 Å². The van der Waals surface area contributed by atoms with Gasteiger partial charge in [-0.3, -0.25) is 14.5 Å². The first-order valence-electron chi connectivity index (χ1n) is 7.17. The molecule has 0 aliphatic carbocycles. The highest BCUT2D eigenvalue weighted by Gasteiger charge is 2.14. The molecule has 0 aliphatic heterocycles. The standard InChI is InChI=1S/C15H21N5OS.ClH/c1-22-11-6-13(16)15(21)18-14-5-10-20(19-14)9-4-12-2-7-17-8-3-12;/h2-3,5,7-8,10,13H,4,6,9,11,16H2,1H3,(H,18,19,21);1H/t13-;/m0./s1. The van der Waals surface area contributed by atoms with Gasteiger partial charge in [0, 0.05) is 31.2 Å². The van der Waals surface area contributed by atoms with E-state index in [-0.39, 0.29) is 18.3 Å². The second-order valence-corrected chi connectivity index (χ2v) is 5.93. The number of halogens is 1. The minimum atomic E-state index is -0.491. The lowest BCUT2D eigenvalue weighted by molar-refractivity contribution is -0.117. The van der Waals surface area contributed by atoms with E-state index in [1.807, 2.05) is 29.3 Å². The molecule has 2 heterocycles. The highest BCUT2D eigenvalue weighted by molar-refractivity contribution is 7.98. The molecule has 2 aromatic rings. The van der Waals surface area contributed by atoms with Crippen LogP contribution in [0.3, 0.4) is 0 Å². The Morgan fingerprint density at radius 1 is 1.39 bits per heavy atom. The third-order valence-corrected chi connectivity index (χ3v) is 3.88. The van der Waals surface area contributed by atoms with E-state index in [0.717, 1.165) is 18.7 Å². The average Bonchev–Trinajstić information content (AvgIpc) is 2.99. The molecule has 0 bridgehead atoms. The van der Waals surface area contributed by atoms with Gasteiger partial charge >= 0.3 is 0 Å². The van der Waals surface area contributed by atoms with E-state index >= 15 is 0 Å². The van der Waals surface area contributed by atoms with E-state index in [9.17, 15) is 4.79 Å². The fourth-order valence-electron chi connectivity index (χ4n) is 1.94. The summed E-state index contributed by atoms with van der Waals surface area (Å²) in [5, 5.41) is 7.09. The maximum atomic E-state index is 11.9. The van der Waals surface area contributed by atoms with Gasteiger partial charge in [-0.05, 0) is 42.5 Å². The number of anilines is 1. The maximum Gasteiger partial charge on any atom is 0.242 e. The summed E-state index contributed by atoms with van der Waals surface area (Å²) in [4.78, 5) is 15.9. The average molecular weight is 356 g/mol. The predicted molar refractivity (Wildman–Crippen MR) is 97.0 cm³/mol. The van der Waals surface area contributed by atoms with Crippen molar-refractivity contribution in [1.82, 2.24) is 14.8 Å². The summed E-state index contributed by atoms with van der Waals surface area (Å²) in [6.07, 6.45) is 8.93. The Morgan fingerprint density at radius 2 is 2.13 bits per heavy atom. The van der Waals surface area contributed by atoms with Crippen LogP contribution in [0.1, 0.15) is 12.0 Å². The van der Waals surface area contributed by atoms with Crippen molar-refractivity contribution >= 4 is 35.9 Å². The smallest absolute Gasteiger partial charge is 0.242 e. The van der Waals surface area contributed by atoms with Crippen LogP contribution in [-0.4, -0.2) is 38.7 Å². The largest absolute Gasteiger partial charge is 0.320 e. The van der Waals surface area contributed by atoms with Gasteiger partial charge < -0.3 is 11.1 Å². The molecule has 3 N–H and O–H groups in total. The fraction of sp³-hybridized carbons (Fsp3) is 0.400. The predicted octanol–water partition coefficient (Wildman–Crippen LogP) is 1.96. The Morgan fingerprint density at radius 3 is 2.83 bits per heavy atom. The Bertz CT molecular complexity index is 593. The van der Waals surface area contributed by atoms with Crippen LogP contribution in [0.25, 0.3) is 0 Å². The Balaban J connectivity index is 0.00000264. The summed E-state index contributed by atoms with van der Waals surface area (Å²) >= 11 is 1.68. The normalized spacial score (nSPS) is 11.6. The molecule has 1 amide bonds. The highest BCUT2D eigenvalue weighted by Crippen LogP contribution is 2.07. The summed E-state index contributed by atoms with van der Waals surface area (Å²) < 4.78 is 1.81. The van der Waals surface area contributed by atoms with Gasteiger partial charge in [-0.1, -0.05) is 0 Å². The Kier molecular flexibility index (Phi) is 8.68. The van der Waals surface area contributed by atoms with Crippen LogP contribution >= 0.6 is 24.2 Å². The molecule has 2 rings (SSSR count). The van der Waals surface area contributed by atoms with Crippen molar-refractivity contribution < 1.29 is 4.79 Å². The number of aromatic nitrogens is 3. The summed E-state index contributed by atoms with van der Waals surface area (Å²) in [5.74, 6) is 1.22. The number of carbonyl (C=O) groups excluding carboxylic acids is 1. The number of thioether (sulfide) groups is 1. The van der Waals surface area contributed by atoms with Gasteiger partial charge in [-0.15, -0.1) is 12.4 Å². The summed E-state index contributed by atoms with van der Waals surface area (Å²) in [6, 6.07) is 5.26. The number of nitrogens with zero attached hydrogens (tertiary/aromatic N) is 3. The van der Waals surface area contributed by atoms with Gasteiger partial charge in [-0.25, -0.2) is 0 Å². The minimum absolute atomic E-state index is 0. The number of amides is 1. The van der Waals surface area contributed by atoms with Gasteiger partial charge in [-0.2, -0.15) is 16.9 Å². The van der Waals surface area contributed by atoms with Gasteiger partial charge in [0.15, 0.2) is 5.82 Å². The molecule has 23 heavy (non-hydrogen) atoms. The second-order valence-electron chi connectivity index (χ2n) is 4.95. The summed E-state index contributed by atoms with van der Waals surface area (Å²) in [5.41, 5.74) is 7.03. The molecule has 2 aromatic heterocycles. The lowest BCUT2D eigenvalue weighted by Gasteiger charge is -2.09. The van der Waals surface area contributed by atoms with Crippen LogP contribution in [0.5, 0.6) is 0 Å². The third kappa shape index (κ3) is 6.60. The first-order valence-corrected chi connectivity index (χ1v) is 8.56. The molecule has 1 atom stereocenters. The van der Waals surface area contributed by atoms with Gasteiger partial charge in [0.05, 0.1) is 6.04 Å². The molecule has 0 radical (unpaired) electrons. The summed E-state index contributed by atoms with van der Waals surface area (Å²) in [6.45, 7) is 0.748. The Labute approximate surface area is 146 Å². The topological polar surface area (TPSA) is 85.8 Å². The number of rotatable bonds is 8. The lowest BCUT2D eigenvalue weighted by atomic mass is 10.2. The number of hydrogen-bond acceptors (Lipinski definition) is 5. The quantitative estimate of drug-likeness (QED) is 0.756. The van der Waals surface area contributed by atoms with Crippen molar-refractivity contribution in [2.45, 2.75) is 25.4 Å². The molecule has 0 aromatic carbocycles. The van der Waals surface area contributed by atoms with E-state index < -0.39 is 6.04 Å². The first kappa shape index (κ1) is 19.5. The van der Waals surface area contributed by atoms with Crippen LogP contribution in [0.2, 0.25) is 0 Å². The van der Waals surface area contributed by atoms with Crippen LogP contribution in [0.15, 0.2) is 36.8 Å². The number of carbonyl (C=O) groups is 1. The monoisotopic (exact) mass is 355 g/mol. The molecule has 0 saturated carbocycles. The Hall–Kier alpha value is -1.57. The van der Waals surface area contributed by atoms with Crippen LogP contribution in [0, 0.1) is 0 Å². The van der Waals surface area contributed by atoms with Crippen LogP contribution in [-0.2, 0) is 17.8 Å². The fourth-order valence-corrected chi connectivity index (χ4v) is 2.43. The van der Waals surface area contributed by atoms with Crippen molar-refractivity contribution in [3.8, 4) is 0 Å². The van der Waals surface area contributed by atoms with Gasteiger partial charge in [0.1, 0.15) is 0 Å². The minimum Gasteiger partial charge on any atom is -0.320 e. The first-order chi connectivity index (χ1) is 10.7. The molecule has 8 heteroatoms. The van der Waals surface area contributed by atoms with Crippen LogP contribution in [0.4, 0.5) is 5.82 Å². The highest BCUT2D eigenvalue weighted by atomic mass is 35.5. The van der Waals surface area contributed by atoms with Crippen molar-refractivity contribution in [3.05, 3.63) is 42.4 Å². The summed E-state index contributed by atoms with van der Waals surface area (Å²) in [7, 11) is 0. The second kappa shape index (κ2) is 10.3. The molecule has 126 valence electrons. The number of pyridine rings is 1. The van der Waals surface area contributed by atoms with Gasteiger partial charge in [0.2, 0.25) is 5.91 Å². The van der Waals surface area contributed by atoms with Crippen molar-refractivity contribution in [2.75, 3.05) is 17.3 Å². The molecule has 0 fully saturated rings. The third-order valence-electron chi connectivity index (χ3n) is 3.24. The zero-order valence-corrected chi connectivity index (χ0v) is 14.6. The van der Waals surface area contributed by atoms with E-state index in [0.29, 0.717) is 12.2 Å². The zero-order valence-electron chi connectivity index (χ0n) is 13.0. The number of aryl methyl sites for hydroxylation is 2. The molecule has 0 saturated heterocycles. The number of nitrogens with two attached hydrogens (primary N) is 1.